The summed E-state index contributed by atoms with van der Waals surface area (Å²) in [5.41, 5.74) is 0.479. The van der Waals surface area contributed by atoms with Gasteiger partial charge in [0.2, 0.25) is 0 Å². The number of methoxy groups -OCH3 is 2. The minimum Gasteiger partial charge on any atom is -0.493 e. The van der Waals surface area contributed by atoms with Gasteiger partial charge >= 0.3 is 0 Å². The van der Waals surface area contributed by atoms with E-state index in [9.17, 15) is 4.79 Å². The Balaban J connectivity index is 3.10. The number of rotatable bonds is 9. The molecule has 0 atom stereocenters. The lowest BCUT2D eigenvalue weighted by Gasteiger charge is -2.25. The van der Waals surface area contributed by atoms with Crippen LogP contribution in [0.15, 0.2) is 12.1 Å². The molecule has 0 saturated heterocycles. The van der Waals surface area contributed by atoms with Gasteiger partial charge in [-0.25, -0.2) is 0 Å². The Hall–Kier alpha value is -1.46. The summed E-state index contributed by atoms with van der Waals surface area (Å²) in [5.74, 6) is 1.18. The third-order valence-corrected chi connectivity index (χ3v) is 3.48. The average molecular weight is 344 g/mol. The molecule has 23 heavy (non-hydrogen) atoms. The summed E-state index contributed by atoms with van der Waals surface area (Å²) < 4.78 is 15.9. The van der Waals surface area contributed by atoms with Gasteiger partial charge in [0.15, 0.2) is 11.5 Å². The van der Waals surface area contributed by atoms with Crippen molar-refractivity contribution in [1.82, 2.24) is 4.90 Å². The number of carbonyl (C=O) groups excluding carboxylic acids is 1. The molecule has 0 fully saturated rings. The zero-order valence-electron chi connectivity index (χ0n) is 14.5. The van der Waals surface area contributed by atoms with Crippen LogP contribution in [0.3, 0.4) is 0 Å². The van der Waals surface area contributed by atoms with Crippen LogP contribution in [0.4, 0.5) is 0 Å². The second kappa shape index (κ2) is 9.63. The second-order valence-electron chi connectivity index (χ2n) is 5.56. The van der Waals surface area contributed by atoms with E-state index < -0.39 is 0 Å². The molecule has 1 rings (SSSR count). The lowest BCUT2D eigenvalue weighted by atomic mass is 10.1. The number of nitrogens with zero attached hydrogens (tertiary/aromatic N) is 1. The SMILES string of the molecule is CCOc1c(Cl)cc(C(=O)N(CCOC)CC(C)C)cc1OC. The molecule has 0 bridgehead atoms. The number of ether oxygens (including phenoxy) is 3. The van der Waals surface area contributed by atoms with Gasteiger partial charge in [0.1, 0.15) is 0 Å². The van der Waals surface area contributed by atoms with Crippen LogP contribution in [0.2, 0.25) is 5.02 Å². The summed E-state index contributed by atoms with van der Waals surface area (Å²) in [6, 6.07) is 3.29. The highest BCUT2D eigenvalue weighted by atomic mass is 35.5. The van der Waals surface area contributed by atoms with Crippen molar-refractivity contribution in [2.45, 2.75) is 20.8 Å². The summed E-state index contributed by atoms with van der Waals surface area (Å²) in [5, 5.41) is 0.366. The third-order valence-electron chi connectivity index (χ3n) is 3.20. The fraction of sp³-hybridized carbons (Fsp3) is 0.588. The van der Waals surface area contributed by atoms with Gasteiger partial charge in [-0.15, -0.1) is 0 Å². The smallest absolute Gasteiger partial charge is 0.254 e. The molecule has 1 aromatic carbocycles. The van der Waals surface area contributed by atoms with E-state index in [1.807, 2.05) is 6.92 Å². The molecule has 0 spiro atoms. The van der Waals surface area contributed by atoms with Crippen molar-refractivity contribution in [3.63, 3.8) is 0 Å². The van der Waals surface area contributed by atoms with Crippen molar-refractivity contribution in [3.05, 3.63) is 22.7 Å². The summed E-state index contributed by atoms with van der Waals surface area (Å²) in [6.45, 7) is 8.13. The lowest BCUT2D eigenvalue weighted by molar-refractivity contribution is 0.0672. The van der Waals surface area contributed by atoms with E-state index in [-0.39, 0.29) is 5.91 Å². The Labute approximate surface area is 143 Å². The van der Waals surface area contributed by atoms with E-state index in [4.69, 9.17) is 25.8 Å². The van der Waals surface area contributed by atoms with Crippen LogP contribution in [-0.4, -0.2) is 51.3 Å². The van der Waals surface area contributed by atoms with E-state index in [1.54, 1.807) is 24.1 Å². The first-order valence-corrected chi connectivity index (χ1v) is 8.10. The van der Waals surface area contributed by atoms with Crippen molar-refractivity contribution in [2.75, 3.05) is 40.5 Å². The molecule has 0 heterocycles. The maximum absolute atomic E-state index is 12.8. The highest BCUT2D eigenvalue weighted by Gasteiger charge is 2.21. The Kier molecular flexibility index (Phi) is 8.20. The molecule has 0 aliphatic carbocycles. The minimum absolute atomic E-state index is 0.0981. The van der Waals surface area contributed by atoms with Crippen molar-refractivity contribution >= 4 is 17.5 Å². The summed E-state index contributed by atoms with van der Waals surface area (Å²) in [7, 11) is 3.15. The number of hydrogen-bond acceptors (Lipinski definition) is 4. The molecule has 0 N–H and O–H groups in total. The molecule has 0 aliphatic rings. The standard InChI is InChI=1S/C17H26ClNO4/c1-6-23-16-14(18)9-13(10-15(16)22-5)17(20)19(7-8-21-4)11-12(2)3/h9-10,12H,6-8,11H2,1-5H3. The quantitative estimate of drug-likeness (QED) is 0.688. The van der Waals surface area contributed by atoms with Crippen molar-refractivity contribution in [3.8, 4) is 11.5 Å². The first-order chi connectivity index (χ1) is 10.9. The van der Waals surface area contributed by atoms with Gasteiger partial charge in [-0.05, 0) is 25.0 Å². The van der Waals surface area contributed by atoms with Crippen LogP contribution in [-0.2, 0) is 4.74 Å². The zero-order valence-corrected chi connectivity index (χ0v) is 15.3. The predicted octanol–water partition coefficient (Wildman–Crippen LogP) is 3.49. The number of hydrogen-bond donors (Lipinski definition) is 0. The zero-order chi connectivity index (χ0) is 17.4. The average Bonchev–Trinajstić information content (AvgIpc) is 2.52. The first-order valence-electron chi connectivity index (χ1n) is 7.73. The van der Waals surface area contributed by atoms with Crippen molar-refractivity contribution < 1.29 is 19.0 Å². The van der Waals surface area contributed by atoms with Crippen LogP contribution in [0.5, 0.6) is 11.5 Å². The number of amides is 1. The predicted molar refractivity (Wildman–Crippen MR) is 91.8 cm³/mol. The Morgan fingerprint density at radius 3 is 2.52 bits per heavy atom. The monoisotopic (exact) mass is 343 g/mol. The van der Waals surface area contributed by atoms with Crippen LogP contribution in [0, 0.1) is 5.92 Å². The molecule has 0 saturated carbocycles. The highest BCUT2D eigenvalue weighted by molar-refractivity contribution is 6.32. The summed E-state index contributed by atoms with van der Waals surface area (Å²) in [6.07, 6.45) is 0. The molecule has 130 valence electrons. The first kappa shape index (κ1) is 19.6. The maximum atomic E-state index is 12.8. The maximum Gasteiger partial charge on any atom is 0.254 e. The summed E-state index contributed by atoms with van der Waals surface area (Å²) >= 11 is 6.25. The van der Waals surface area contributed by atoms with Gasteiger partial charge in [-0.2, -0.15) is 0 Å². The largest absolute Gasteiger partial charge is 0.493 e. The second-order valence-corrected chi connectivity index (χ2v) is 5.97. The molecule has 1 amide bonds. The number of carbonyl (C=O) groups is 1. The van der Waals surface area contributed by atoms with Gasteiger partial charge < -0.3 is 19.1 Å². The van der Waals surface area contributed by atoms with Crippen LogP contribution in [0.1, 0.15) is 31.1 Å². The van der Waals surface area contributed by atoms with E-state index in [0.29, 0.717) is 54.3 Å². The molecule has 0 unspecified atom stereocenters. The number of benzene rings is 1. The van der Waals surface area contributed by atoms with Gasteiger partial charge in [0.25, 0.3) is 5.91 Å². The Bertz CT molecular complexity index is 520. The van der Waals surface area contributed by atoms with E-state index in [0.717, 1.165) is 0 Å². The summed E-state index contributed by atoms with van der Waals surface area (Å²) in [4.78, 5) is 14.6. The molecule has 6 heteroatoms. The van der Waals surface area contributed by atoms with Crippen LogP contribution < -0.4 is 9.47 Å². The van der Waals surface area contributed by atoms with E-state index in [1.165, 1.54) is 7.11 Å². The van der Waals surface area contributed by atoms with Crippen LogP contribution in [0.25, 0.3) is 0 Å². The molecule has 0 aromatic heterocycles. The molecule has 0 radical (unpaired) electrons. The molecule has 1 aromatic rings. The molecular formula is C17H26ClNO4. The van der Waals surface area contributed by atoms with Crippen molar-refractivity contribution in [1.29, 1.82) is 0 Å². The fourth-order valence-corrected chi connectivity index (χ4v) is 2.49. The topological polar surface area (TPSA) is 48.0 Å². The van der Waals surface area contributed by atoms with Crippen LogP contribution >= 0.6 is 11.6 Å². The van der Waals surface area contributed by atoms with Gasteiger partial charge in [0, 0.05) is 25.8 Å². The molecular weight excluding hydrogens is 318 g/mol. The Morgan fingerprint density at radius 1 is 1.30 bits per heavy atom. The van der Waals surface area contributed by atoms with Gasteiger partial charge in [-0.3, -0.25) is 4.79 Å². The lowest BCUT2D eigenvalue weighted by Crippen LogP contribution is -2.36. The normalized spacial score (nSPS) is 10.7. The molecule has 5 nitrogen and oxygen atoms in total. The van der Waals surface area contributed by atoms with E-state index in [2.05, 4.69) is 13.8 Å². The molecule has 0 aliphatic heterocycles. The van der Waals surface area contributed by atoms with E-state index >= 15 is 0 Å². The van der Waals surface area contributed by atoms with Gasteiger partial charge in [0.05, 0.1) is 25.3 Å². The Morgan fingerprint density at radius 2 is 2.00 bits per heavy atom. The van der Waals surface area contributed by atoms with Crippen molar-refractivity contribution in [2.24, 2.45) is 5.92 Å². The highest BCUT2D eigenvalue weighted by Crippen LogP contribution is 2.36. The fourth-order valence-electron chi connectivity index (χ4n) is 2.23. The minimum atomic E-state index is -0.0981. The van der Waals surface area contributed by atoms with Gasteiger partial charge in [-0.1, -0.05) is 25.4 Å². The third kappa shape index (κ3) is 5.59. The number of halogens is 1.